The van der Waals surface area contributed by atoms with Crippen LogP contribution in [-0.4, -0.2) is 22.3 Å². The highest BCUT2D eigenvalue weighted by atomic mass is 35.5. The van der Waals surface area contributed by atoms with E-state index in [0.717, 1.165) is 5.56 Å². The van der Waals surface area contributed by atoms with Crippen LogP contribution in [0.25, 0.3) is 0 Å². The number of carbonyl (C=O) groups is 1. The van der Waals surface area contributed by atoms with Gasteiger partial charge in [0.25, 0.3) is 5.56 Å². The minimum Gasteiger partial charge on any atom is -0.302 e. The van der Waals surface area contributed by atoms with Crippen LogP contribution in [0, 0.1) is 6.92 Å². The predicted octanol–water partition coefficient (Wildman–Crippen LogP) is 1.36. The molecule has 2 rings (SSSR count). The van der Waals surface area contributed by atoms with Crippen molar-refractivity contribution in [2.75, 3.05) is 0 Å². The van der Waals surface area contributed by atoms with Gasteiger partial charge in [-0.2, -0.15) is 5.10 Å². The van der Waals surface area contributed by atoms with Crippen molar-refractivity contribution in [2.24, 2.45) is 5.10 Å². The third-order valence-corrected chi connectivity index (χ3v) is 2.95. The number of halogens is 1. The lowest BCUT2D eigenvalue weighted by Crippen LogP contribution is -2.23. The van der Waals surface area contributed by atoms with E-state index in [9.17, 15) is 9.59 Å². The van der Waals surface area contributed by atoms with Crippen LogP contribution in [0.3, 0.4) is 0 Å². The van der Waals surface area contributed by atoms with E-state index in [0.29, 0.717) is 16.3 Å². The molecule has 0 spiro atoms. The average molecular weight is 293 g/mol. The number of benzene rings is 1. The molecule has 0 atom stereocenters. The van der Waals surface area contributed by atoms with Crippen molar-refractivity contribution >= 4 is 23.7 Å². The summed E-state index contributed by atoms with van der Waals surface area (Å²) >= 11 is 5.76. The number of hydrogen-bond acceptors (Lipinski definition) is 3. The number of aromatic nitrogens is 2. The highest BCUT2D eigenvalue weighted by Crippen LogP contribution is 2.07. The van der Waals surface area contributed by atoms with E-state index in [1.807, 2.05) is 0 Å². The number of carbonyl (C=O) groups excluding carboxylic acids is 1. The SMILES string of the molecule is Cc1[nH][nH]c(=O)c1CC(=O)N/N=C\c1ccc(Cl)cc1. The summed E-state index contributed by atoms with van der Waals surface area (Å²) in [5, 5.41) is 9.53. The zero-order valence-electron chi connectivity index (χ0n) is 10.7. The maximum absolute atomic E-state index is 11.6. The number of hydrazone groups is 1. The number of H-pyrrole nitrogens is 2. The lowest BCUT2D eigenvalue weighted by Gasteiger charge is -1.98. The Morgan fingerprint density at radius 1 is 1.35 bits per heavy atom. The van der Waals surface area contributed by atoms with Crippen LogP contribution in [0.5, 0.6) is 0 Å². The molecule has 6 nitrogen and oxygen atoms in total. The molecule has 0 aliphatic rings. The van der Waals surface area contributed by atoms with Gasteiger partial charge < -0.3 is 5.10 Å². The zero-order valence-corrected chi connectivity index (χ0v) is 11.5. The van der Waals surface area contributed by atoms with Gasteiger partial charge in [0.2, 0.25) is 5.91 Å². The van der Waals surface area contributed by atoms with Gasteiger partial charge in [-0.05, 0) is 24.6 Å². The van der Waals surface area contributed by atoms with Crippen molar-refractivity contribution in [2.45, 2.75) is 13.3 Å². The van der Waals surface area contributed by atoms with Crippen molar-refractivity contribution < 1.29 is 4.79 Å². The van der Waals surface area contributed by atoms with Crippen molar-refractivity contribution in [1.82, 2.24) is 15.6 Å². The fraction of sp³-hybridized carbons (Fsp3) is 0.154. The second-order valence-corrected chi connectivity index (χ2v) is 4.64. The number of aryl methyl sites for hydroxylation is 1. The first-order valence-corrected chi connectivity index (χ1v) is 6.27. The molecule has 0 saturated heterocycles. The maximum Gasteiger partial charge on any atom is 0.267 e. The van der Waals surface area contributed by atoms with E-state index >= 15 is 0 Å². The monoisotopic (exact) mass is 292 g/mol. The van der Waals surface area contributed by atoms with Crippen LogP contribution in [0.2, 0.25) is 5.02 Å². The summed E-state index contributed by atoms with van der Waals surface area (Å²) < 4.78 is 0. The minimum absolute atomic E-state index is 0.0252. The minimum atomic E-state index is -0.358. The summed E-state index contributed by atoms with van der Waals surface area (Å²) in [4.78, 5) is 23.0. The Kier molecular flexibility index (Phi) is 4.37. The maximum atomic E-state index is 11.6. The topological polar surface area (TPSA) is 90.1 Å². The van der Waals surface area contributed by atoms with E-state index in [1.165, 1.54) is 6.21 Å². The number of rotatable bonds is 4. The average Bonchev–Trinajstić information content (AvgIpc) is 2.73. The van der Waals surface area contributed by atoms with Crippen molar-refractivity contribution in [3.63, 3.8) is 0 Å². The van der Waals surface area contributed by atoms with Crippen LogP contribution in [0.4, 0.5) is 0 Å². The molecule has 104 valence electrons. The second kappa shape index (κ2) is 6.21. The molecule has 0 fully saturated rings. The summed E-state index contributed by atoms with van der Waals surface area (Å²) in [5.41, 5.74) is 3.94. The molecule has 0 aliphatic heterocycles. The number of nitrogens with zero attached hydrogens (tertiary/aromatic N) is 1. The van der Waals surface area contributed by atoms with Crippen LogP contribution >= 0.6 is 11.6 Å². The summed E-state index contributed by atoms with van der Waals surface area (Å²) in [6, 6.07) is 7.01. The molecule has 0 radical (unpaired) electrons. The molecule has 2 aromatic rings. The Morgan fingerprint density at radius 2 is 2.05 bits per heavy atom. The molecule has 3 N–H and O–H groups in total. The highest BCUT2D eigenvalue weighted by Gasteiger charge is 2.10. The van der Waals surface area contributed by atoms with Gasteiger partial charge in [0.15, 0.2) is 0 Å². The fourth-order valence-corrected chi connectivity index (χ4v) is 1.74. The highest BCUT2D eigenvalue weighted by molar-refractivity contribution is 6.30. The molecule has 0 bridgehead atoms. The van der Waals surface area contributed by atoms with Crippen molar-refractivity contribution in [1.29, 1.82) is 0 Å². The lowest BCUT2D eigenvalue weighted by atomic mass is 10.2. The van der Waals surface area contributed by atoms with Gasteiger partial charge in [-0.1, -0.05) is 23.7 Å². The van der Waals surface area contributed by atoms with Gasteiger partial charge in [-0.3, -0.25) is 14.7 Å². The first-order valence-electron chi connectivity index (χ1n) is 5.90. The van der Waals surface area contributed by atoms with Gasteiger partial charge in [-0.25, -0.2) is 5.43 Å². The largest absolute Gasteiger partial charge is 0.302 e. The van der Waals surface area contributed by atoms with E-state index in [2.05, 4.69) is 20.7 Å². The molecule has 0 saturated carbocycles. The van der Waals surface area contributed by atoms with Crippen LogP contribution in [0.15, 0.2) is 34.2 Å². The molecular formula is C13H13ClN4O2. The lowest BCUT2D eigenvalue weighted by molar-refractivity contribution is -0.120. The van der Waals surface area contributed by atoms with Gasteiger partial charge in [-0.15, -0.1) is 0 Å². The third-order valence-electron chi connectivity index (χ3n) is 2.70. The third kappa shape index (κ3) is 3.58. The zero-order chi connectivity index (χ0) is 14.5. The number of nitrogens with one attached hydrogen (secondary N) is 3. The molecule has 1 aromatic carbocycles. The van der Waals surface area contributed by atoms with Crippen molar-refractivity contribution in [3.05, 3.63) is 56.5 Å². The molecule has 1 aromatic heterocycles. The summed E-state index contributed by atoms with van der Waals surface area (Å²) in [7, 11) is 0. The van der Waals surface area contributed by atoms with Gasteiger partial charge in [0.1, 0.15) is 0 Å². The first kappa shape index (κ1) is 14.1. The molecule has 0 unspecified atom stereocenters. The van der Waals surface area contributed by atoms with E-state index in [-0.39, 0.29) is 17.9 Å². The predicted molar refractivity (Wildman–Crippen MR) is 77.0 cm³/mol. The summed E-state index contributed by atoms with van der Waals surface area (Å²) in [6.45, 7) is 1.72. The Hall–Kier alpha value is -2.34. The Labute approximate surface area is 119 Å². The van der Waals surface area contributed by atoms with Gasteiger partial charge in [0.05, 0.1) is 12.6 Å². The molecule has 0 aliphatic carbocycles. The standard InChI is InChI=1S/C13H13ClN4O2/c1-8-11(13(20)18-16-8)6-12(19)17-15-7-9-2-4-10(14)5-3-9/h2-5,7H,6H2,1H3,(H,17,19)(H2,16,18,20)/b15-7-. The normalized spacial score (nSPS) is 10.9. The van der Waals surface area contributed by atoms with Crippen LogP contribution in [-0.2, 0) is 11.2 Å². The van der Waals surface area contributed by atoms with Gasteiger partial charge in [0, 0.05) is 16.3 Å². The fourth-order valence-electron chi connectivity index (χ4n) is 1.61. The Bertz CT molecular complexity index is 685. The Morgan fingerprint density at radius 3 is 2.65 bits per heavy atom. The first-order chi connectivity index (χ1) is 9.56. The summed E-state index contributed by atoms with van der Waals surface area (Å²) in [6.07, 6.45) is 1.48. The number of hydrogen-bond donors (Lipinski definition) is 3. The Balaban J connectivity index is 1.92. The quantitative estimate of drug-likeness (QED) is 0.586. The van der Waals surface area contributed by atoms with Crippen LogP contribution < -0.4 is 11.0 Å². The van der Waals surface area contributed by atoms with E-state index < -0.39 is 0 Å². The molecule has 1 amide bonds. The molecular weight excluding hydrogens is 280 g/mol. The number of aromatic amines is 2. The van der Waals surface area contributed by atoms with Crippen LogP contribution in [0.1, 0.15) is 16.8 Å². The van der Waals surface area contributed by atoms with Gasteiger partial charge >= 0.3 is 0 Å². The number of amides is 1. The van der Waals surface area contributed by atoms with Crippen molar-refractivity contribution in [3.8, 4) is 0 Å². The van der Waals surface area contributed by atoms with E-state index in [4.69, 9.17) is 11.6 Å². The molecule has 20 heavy (non-hydrogen) atoms. The smallest absolute Gasteiger partial charge is 0.267 e. The second-order valence-electron chi connectivity index (χ2n) is 4.20. The van der Waals surface area contributed by atoms with E-state index in [1.54, 1.807) is 31.2 Å². The molecule has 7 heteroatoms. The molecule has 1 heterocycles. The summed E-state index contributed by atoms with van der Waals surface area (Å²) in [5.74, 6) is -0.358.